The molecule has 6 nitrogen and oxygen atoms in total. The van der Waals surface area contributed by atoms with E-state index in [4.69, 9.17) is 14.5 Å². The minimum absolute atomic E-state index is 0.211. The number of methoxy groups -OCH3 is 2. The van der Waals surface area contributed by atoms with Gasteiger partial charge in [0.1, 0.15) is 11.6 Å². The Kier molecular flexibility index (Phi) is 5.11. The summed E-state index contributed by atoms with van der Waals surface area (Å²) in [5.41, 5.74) is 5.40. The molecular weight excluding hydrogens is 316 g/mol. The number of aromatic amines is 1. The predicted molar refractivity (Wildman–Crippen MR) is 96.9 cm³/mol. The maximum Gasteiger partial charge on any atom is 0.128 e. The molecule has 1 aliphatic heterocycles. The number of imidazole rings is 1. The van der Waals surface area contributed by atoms with Gasteiger partial charge in [0.2, 0.25) is 0 Å². The maximum atomic E-state index is 5.63. The van der Waals surface area contributed by atoms with Crippen LogP contribution in [-0.4, -0.2) is 46.7 Å². The van der Waals surface area contributed by atoms with E-state index in [0.717, 1.165) is 59.3 Å². The van der Waals surface area contributed by atoms with Crippen molar-refractivity contribution in [3.05, 3.63) is 40.2 Å². The van der Waals surface area contributed by atoms with Crippen molar-refractivity contribution in [2.45, 2.75) is 52.8 Å². The van der Waals surface area contributed by atoms with E-state index < -0.39 is 0 Å². The minimum Gasteiger partial charge on any atom is -0.496 e. The highest BCUT2D eigenvalue weighted by molar-refractivity contribution is 5.41. The first-order valence-electron chi connectivity index (χ1n) is 8.73. The fraction of sp³-hybridized carbons (Fsp3) is 0.579. The second kappa shape index (κ2) is 7.14. The number of nitrogens with zero attached hydrogens (tertiary/aromatic N) is 3. The highest BCUT2D eigenvalue weighted by Gasteiger charge is 2.35. The number of aryl methyl sites for hydroxylation is 3. The smallest absolute Gasteiger partial charge is 0.128 e. The summed E-state index contributed by atoms with van der Waals surface area (Å²) in [6.45, 7) is 9.84. The second-order valence-corrected chi connectivity index (χ2v) is 6.92. The number of hydrogen-bond donors (Lipinski definition) is 1. The largest absolute Gasteiger partial charge is 0.496 e. The summed E-state index contributed by atoms with van der Waals surface area (Å²) < 4.78 is 11.2. The summed E-state index contributed by atoms with van der Waals surface area (Å²) >= 11 is 0. The molecule has 1 aliphatic rings. The summed E-state index contributed by atoms with van der Waals surface area (Å²) in [4.78, 5) is 15.2. The lowest BCUT2D eigenvalue weighted by Crippen LogP contribution is -2.26. The van der Waals surface area contributed by atoms with Crippen molar-refractivity contribution in [1.29, 1.82) is 0 Å². The predicted octanol–water partition coefficient (Wildman–Crippen LogP) is 3.01. The van der Waals surface area contributed by atoms with Crippen molar-refractivity contribution in [2.24, 2.45) is 0 Å². The molecule has 0 spiro atoms. The third kappa shape index (κ3) is 3.41. The average Bonchev–Trinajstić information content (AvgIpc) is 3.14. The summed E-state index contributed by atoms with van der Waals surface area (Å²) in [5, 5.41) is 0. The highest BCUT2D eigenvalue weighted by Crippen LogP contribution is 2.34. The van der Waals surface area contributed by atoms with Crippen LogP contribution >= 0.6 is 0 Å². The van der Waals surface area contributed by atoms with Crippen molar-refractivity contribution in [3.63, 3.8) is 0 Å². The van der Waals surface area contributed by atoms with Gasteiger partial charge < -0.3 is 14.5 Å². The van der Waals surface area contributed by atoms with Crippen LogP contribution in [0.25, 0.3) is 0 Å². The summed E-state index contributed by atoms with van der Waals surface area (Å²) in [5.74, 6) is 1.94. The minimum atomic E-state index is 0.211. The number of H-pyrrole nitrogens is 1. The van der Waals surface area contributed by atoms with Gasteiger partial charge in [-0.1, -0.05) is 0 Å². The average molecular weight is 344 g/mol. The molecule has 25 heavy (non-hydrogen) atoms. The molecular formula is C19H28N4O2. The first-order valence-corrected chi connectivity index (χ1v) is 8.73. The highest BCUT2D eigenvalue weighted by atomic mass is 16.5. The molecule has 0 amide bonds. The molecule has 136 valence electrons. The van der Waals surface area contributed by atoms with Crippen LogP contribution in [0.15, 0.2) is 6.20 Å². The number of pyridine rings is 1. The van der Waals surface area contributed by atoms with Crippen molar-refractivity contribution < 1.29 is 9.47 Å². The zero-order valence-corrected chi connectivity index (χ0v) is 16.0. The van der Waals surface area contributed by atoms with E-state index in [1.54, 1.807) is 14.2 Å². The van der Waals surface area contributed by atoms with Crippen LogP contribution in [0.1, 0.15) is 46.5 Å². The quantitative estimate of drug-likeness (QED) is 0.903. The molecule has 1 N–H and O–H groups in total. The fourth-order valence-corrected chi connectivity index (χ4v) is 3.65. The lowest BCUT2D eigenvalue weighted by atomic mass is 10.1. The molecule has 0 unspecified atom stereocenters. The Labute approximate surface area is 149 Å². The Morgan fingerprint density at radius 2 is 2.00 bits per heavy atom. The Morgan fingerprint density at radius 3 is 2.60 bits per heavy atom. The Balaban J connectivity index is 1.89. The first-order chi connectivity index (χ1) is 11.9. The van der Waals surface area contributed by atoms with E-state index in [9.17, 15) is 0 Å². The number of likely N-dealkylation sites (tertiary alicyclic amines) is 1. The van der Waals surface area contributed by atoms with Gasteiger partial charge in [-0.2, -0.15) is 0 Å². The molecule has 2 atom stereocenters. The first kappa shape index (κ1) is 17.9. The normalized spacial score (nSPS) is 21.0. The van der Waals surface area contributed by atoms with Crippen LogP contribution in [-0.2, 0) is 11.3 Å². The van der Waals surface area contributed by atoms with Crippen LogP contribution in [0.5, 0.6) is 5.75 Å². The monoisotopic (exact) mass is 344 g/mol. The van der Waals surface area contributed by atoms with E-state index in [-0.39, 0.29) is 12.1 Å². The molecule has 1 saturated heterocycles. The number of nitrogens with one attached hydrogen (secondary N) is 1. The molecule has 0 bridgehead atoms. The van der Waals surface area contributed by atoms with Gasteiger partial charge in [-0.05, 0) is 34.1 Å². The molecule has 1 fully saturated rings. The standard InChI is InChI=1S/C19H28N4O2/c1-11-8-20-16(12(2)18(11)25-6)10-23-9-15(24-5)7-17(23)19-21-13(3)14(4)22-19/h8,15,17H,7,9-10H2,1-6H3,(H,21,22)/t15-,17+/m1/s1. The van der Waals surface area contributed by atoms with Gasteiger partial charge in [0.05, 0.1) is 30.6 Å². The Hall–Kier alpha value is -1.92. The SMILES string of the molecule is COc1c(C)cnc(CN2C[C@H](OC)C[C@H]2c2nc(C)c(C)[nH]2)c1C. The van der Waals surface area contributed by atoms with E-state index in [2.05, 4.69) is 28.7 Å². The Bertz CT molecular complexity index is 737. The molecule has 2 aromatic rings. The molecule has 3 heterocycles. The maximum absolute atomic E-state index is 5.63. The second-order valence-electron chi connectivity index (χ2n) is 6.92. The molecule has 6 heteroatoms. The molecule has 0 saturated carbocycles. The summed E-state index contributed by atoms with van der Waals surface area (Å²) in [6.07, 6.45) is 3.04. The van der Waals surface area contributed by atoms with Crippen LogP contribution < -0.4 is 4.74 Å². The van der Waals surface area contributed by atoms with Gasteiger partial charge in [0, 0.05) is 43.2 Å². The van der Waals surface area contributed by atoms with E-state index in [1.165, 1.54) is 0 Å². The molecule has 0 aromatic carbocycles. The lowest BCUT2D eigenvalue weighted by molar-refractivity contribution is 0.107. The van der Waals surface area contributed by atoms with Gasteiger partial charge in [-0.15, -0.1) is 0 Å². The zero-order valence-electron chi connectivity index (χ0n) is 16.0. The van der Waals surface area contributed by atoms with Gasteiger partial charge in [-0.25, -0.2) is 4.98 Å². The topological polar surface area (TPSA) is 63.3 Å². The van der Waals surface area contributed by atoms with Crippen LogP contribution in [0.4, 0.5) is 0 Å². The van der Waals surface area contributed by atoms with E-state index in [0.29, 0.717) is 0 Å². The fourth-order valence-electron chi connectivity index (χ4n) is 3.65. The number of ether oxygens (including phenoxy) is 2. The third-order valence-corrected chi connectivity index (χ3v) is 5.26. The molecule has 0 aliphatic carbocycles. The number of rotatable bonds is 5. The number of hydrogen-bond acceptors (Lipinski definition) is 5. The van der Waals surface area contributed by atoms with Crippen molar-refractivity contribution >= 4 is 0 Å². The van der Waals surface area contributed by atoms with Gasteiger partial charge in [0.25, 0.3) is 0 Å². The summed E-state index contributed by atoms with van der Waals surface area (Å²) in [6, 6.07) is 0.214. The van der Waals surface area contributed by atoms with Crippen molar-refractivity contribution in [3.8, 4) is 5.75 Å². The van der Waals surface area contributed by atoms with Crippen molar-refractivity contribution in [2.75, 3.05) is 20.8 Å². The van der Waals surface area contributed by atoms with Gasteiger partial charge >= 0.3 is 0 Å². The van der Waals surface area contributed by atoms with Gasteiger partial charge in [-0.3, -0.25) is 9.88 Å². The molecule has 2 aromatic heterocycles. The van der Waals surface area contributed by atoms with E-state index in [1.807, 2.05) is 20.0 Å². The molecule has 3 rings (SSSR count). The lowest BCUT2D eigenvalue weighted by Gasteiger charge is -2.23. The van der Waals surface area contributed by atoms with E-state index >= 15 is 0 Å². The van der Waals surface area contributed by atoms with Gasteiger partial charge in [0.15, 0.2) is 0 Å². The Morgan fingerprint density at radius 1 is 1.24 bits per heavy atom. The third-order valence-electron chi connectivity index (χ3n) is 5.26. The summed E-state index contributed by atoms with van der Waals surface area (Å²) in [7, 11) is 3.50. The van der Waals surface area contributed by atoms with Crippen molar-refractivity contribution in [1.82, 2.24) is 19.9 Å². The van der Waals surface area contributed by atoms with Crippen LogP contribution in [0.2, 0.25) is 0 Å². The zero-order chi connectivity index (χ0) is 18.1. The van der Waals surface area contributed by atoms with Crippen LogP contribution in [0.3, 0.4) is 0 Å². The number of aromatic nitrogens is 3. The van der Waals surface area contributed by atoms with Crippen LogP contribution in [0, 0.1) is 27.7 Å². The molecule has 0 radical (unpaired) electrons.